The molecule has 0 unspecified atom stereocenters. The molecule has 5 nitrogen and oxygen atoms in total. The Morgan fingerprint density at radius 2 is 2.22 bits per heavy atom. The van der Waals surface area contributed by atoms with Gasteiger partial charge in [0.25, 0.3) is 5.91 Å². The van der Waals surface area contributed by atoms with E-state index in [4.69, 9.17) is 0 Å². The lowest BCUT2D eigenvalue weighted by Gasteiger charge is -2.25. The van der Waals surface area contributed by atoms with Crippen LogP contribution in [0.3, 0.4) is 0 Å². The quantitative estimate of drug-likeness (QED) is 0.861. The smallest absolute Gasteiger partial charge is 0.255 e. The van der Waals surface area contributed by atoms with Gasteiger partial charge in [-0.3, -0.25) is 4.79 Å². The zero-order valence-corrected chi connectivity index (χ0v) is 14.4. The molecule has 0 radical (unpaired) electrons. The second kappa shape index (κ2) is 7.10. The van der Waals surface area contributed by atoms with E-state index in [1.165, 1.54) is 0 Å². The van der Waals surface area contributed by atoms with Gasteiger partial charge in [-0.25, -0.2) is 4.98 Å². The summed E-state index contributed by atoms with van der Waals surface area (Å²) in [7, 11) is 4.15. The zero-order valence-electron chi connectivity index (χ0n) is 13.6. The van der Waals surface area contributed by atoms with Gasteiger partial charge in [-0.05, 0) is 31.6 Å². The van der Waals surface area contributed by atoms with E-state index in [-0.39, 0.29) is 5.91 Å². The average molecular weight is 330 g/mol. The Hall–Kier alpha value is -1.92. The Morgan fingerprint density at radius 1 is 1.35 bits per heavy atom. The number of thiophene rings is 1. The van der Waals surface area contributed by atoms with Gasteiger partial charge in [0.05, 0.1) is 5.56 Å². The van der Waals surface area contributed by atoms with Crippen molar-refractivity contribution in [3.05, 3.63) is 46.3 Å². The van der Waals surface area contributed by atoms with Crippen molar-refractivity contribution in [3.8, 4) is 0 Å². The number of hydrogen-bond acceptors (Lipinski definition) is 5. The Kier molecular flexibility index (Phi) is 4.93. The molecular formula is C17H22N4OS. The first-order chi connectivity index (χ1) is 11.1. The van der Waals surface area contributed by atoms with Gasteiger partial charge in [0.2, 0.25) is 0 Å². The van der Waals surface area contributed by atoms with E-state index in [1.54, 1.807) is 11.3 Å². The molecule has 0 spiro atoms. The highest BCUT2D eigenvalue weighted by Gasteiger charge is 2.24. The topological polar surface area (TPSA) is 39.7 Å². The summed E-state index contributed by atoms with van der Waals surface area (Å²) in [5.74, 6) is 1.12. The Balaban J connectivity index is 1.81. The lowest BCUT2D eigenvalue weighted by molar-refractivity contribution is 0.0752. The summed E-state index contributed by atoms with van der Waals surface area (Å²) >= 11 is 1.56. The first-order valence-corrected chi connectivity index (χ1v) is 8.74. The Morgan fingerprint density at radius 3 is 2.96 bits per heavy atom. The van der Waals surface area contributed by atoms with Crippen molar-refractivity contribution < 1.29 is 4.79 Å². The maximum atomic E-state index is 12.7. The molecule has 23 heavy (non-hydrogen) atoms. The molecule has 3 rings (SSSR count). The summed E-state index contributed by atoms with van der Waals surface area (Å²) in [5, 5.41) is 3.87. The third kappa shape index (κ3) is 3.71. The van der Waals surface area contributed by atoms with E-state index >= 15 is 0 Å². The molecule has 0 atom stereocenters. The van der Waals surface area contributed by atoms with Crippen LogP contribution in [0.5, 0.6) is 0 Å². The molecule has 0 fully saturated rings. The summed E-state index contributed by atoms with van der Waals surface area (Å²) in [4.78, 5) is 23.6. The van der Waals surface area contributed by atoms with Crippen molar-refractivity contribution >= 4 is 23.1 Å². The lowest BCUT2D eigenvalue weighted by Crippen LogP contribution is -2.38. The number of fused-ring (bicyclic) bond motifs is 1. The van der Waals surface area contributed by atoms with Crippen molar-refractivity contribution in [2.75, 3.05) is 45.2 Å². The van der Waals surface area contributed by atoms with E-state index in [0.29, 0.717) is 6.54 Å². The predicted molar refractivity (Wildman–Crippen MR) is 94.1 cm³/mol. The van der Waals surface area contributed by atoms with Crippen LogP contribution in [0.4, 0.5) is 5.82 Å². The third-order valence-electron chi connectivity index (χ3n) is 4.04. The fourth-order valence-electron chi connectivity index (χ4n) is 2.75. The lowest BCUT2D eigenvalue weighted by atomic mass is 10.2. The monoisotopic (exact) mass is 330 g/mol. The number of likely N-dealkylation sites (N-methyl/N-ethyl adjacent to an activating group) is 1. The van der Waals surface area contributed by atoms with Crippen LogP contribution in [0.15, 0.2) is 35.2 Å². The number of nitrogens with zero attached hydrogens (tertiary/aromatic N) is 4. The molecule has 0 bridgehead atoms. The molecule has 1 aliphatic heterocycles. The van der Waals surface area contributed by atoms with Gasteiger partial charge in [0.1, 0.15) is 5.82 Å². The molecule has 0 aliphatic carbocycles. The van der Waals surface area contributed by atoms with Gasteiger partial charge < -0.3 is 14.7 Å². The molecule has 0 saturated heterocycles. The van der Waals surface area contributed by atoms with Gasteiger partial charge in [0, 0.05) is 49.9 Å². The summed E-state index contributed by atoms with van der Waals surface area (Å²) in [6.45, 7) is 4.04. The normalized spacial score (nSPS) is 14.7. The fourth-order valence-corrected chi connectivity index (χ4v) is 3.38. The standard InChI is InChI=1S/C17H22N4OS/c1-19(2)7-8-20-9-10-21(17(22)15-5-11-23-13-15)12-14-4-3-6-18-16(14)20/h3-6,11,13H,7-10,12H2,1-2H3. The highest BCUT2D eigenvalue weighted by atomic mass is 32.1. The molecule has 0 N–H and O–H groups in total. The van der Waals surface area contributed by atoms with Gasteiger partial charge in [-0.1, -0.05) is 6.07 Å². The Labute approximate surface area is 141 Å². The van der Waals surface area contributed by atoms with Crippen LogP contribution in [0, 0.1) is 0 Å². The van der Waals surface area contributed by atoms with Crippen molar-refractivity contribution in [2.24, 2.45) is 0 Å². The number of carbonyl (C=O) groups is 1. The molecule has 1 amide bonds. The van der Waals surface area contributed by atoms with E-state index in [2.05, 4.69) is 34.9 Å². The zero-order chi connectivity index (χ0) is 16.2. The first kappa shape index (κ1) is 16.0. The van der Waals surface area contributed by atoms with Crippen LogP contribution >= 0.6 is 11.3 Å². The van der Waals surface area contributed by atoms with E-state index < -0.39 is 0 Å². The number of anilines is 1. The minimum absolute atomic E-state index is 0.107. The van der Waals surface area contributed by atoms with Gasteiger partial charge in [0.15, 0.2) is 0 Å². The van der Waals surface area contributed by atoms with E-state index in [9.17, 15) is 4.79 Å². The van der Waals surface area contributed by atoms with Crippen molar-refractivity contribution in [2.45, 2.75) is 6.54 Å². The van der Waals surface area contributed by atoms with Gasteiger partial charge in [-0.2, -0.15) is 11.3 Å². The van der Waals surface area contributed by atoms with Crippen LogP contribution in [0.1, 0.15) is 15.9 Å². The molecule has 0 aromatic carbocycles. The van der Waals surface area contributed by atoms with Gasteiger partial charge in [-0.15, -0.1) is 0 Å². The summed E-state index contributed by atoms with van der Waals surface area (Å²) in [6, 6.07) is 5.91. The fraction of sp³-hybridized carbons (Fsp3) is 0.412. The average Bonchev–Trinajstić information content (AvgIpc) is 3.01. The summed E-state index contributed by atoms with van der Waals surface area (Å²) < 4.78 is 0. The number of rotatable bonds is 4. The number of hydrogen-bond donors (Lipinski definition) is 0. The molecule has 2 aromatic rings. The highest BCUT2D eigenvalue weighted by molar-refractivity contribution is 7.08. The second-order valence-electron chi connectivity index (χ2n) is 6.02. The third-order valence-corrected chi connectivity index (χ3v) is 4.72. The van der Waals surface area contributed by atoms with Crippen LogP contribution in [0.2, 0.25) is 0 Å². The predicted octanol–water partition coefficient (Wildman–Crippen LogP) is 2.17. The molecule has 3 heterocycles. The minimum Gasteiger partial charge on any atom is -0.353 e. The SMILES string of the molecule is CN(C)CCN1CCN(C(=O)c2ccsc2)Cc2cccnc21. The van der Waals surface area contributed by atoms with Crippen molar-refractivity contribution in [1.29, 1.82) is 0 Å². The summed E-state index contributed by atoms with van der Waals surface area (Å²) in [5.41, 5.74) is 1.90. The maximum absolute atomic E-state index is 12.7. The van der Waals surface area contributed by atoms with Gasteiger partial charge >= 0.3 is 0 Å². The molecule has 6 heteroatoms. The minimum atomic E-state index is 0.107. The van der Waals surface area contributed by atoms with Crippen LogP contribution < -0.4 is 4.90 Å². The molecule has 1 aliphatic rings. The largest absolute Gasteiger partial charge is 0.353 e. The summed E-state index contributed by atoms with van der Waals surface area (Å²) in [6.07, 6.45) is 1.83. The maximum Gasteiger partial charge on any atom is 0.255 e. The van der Waals surface area contributed by atoms with Crippen LogP contribution in [0.25, 0.3) is 0 Å². The molecule has 2 aromatic heterocycles. The van der Waals surface area contributed by atoms with Crippen LogP contribution in [-0.2, 0) is 6.54 Å². The number of carbonyl (C=O) groups excluding carboxylic acids is 1. The molecular weight excluding hydrogens is 308 g/mol. The van der Waals surface area contributed by atoms with E-state index in [1.807, 2.05) is 34.0 Å². The van der Waals surface area contributed by atoms with Crippen molar-refractivity contribution in [1.82, 2.24) is 14.8 Å². The Bertz CT molecular complexity index is 656. The molecule has 122 valence electrons. The number of pyridine rings is 1. The second-order valence-corrected chi connectivity index (χ2v) is 6.80. The number of amides is 1. The van der Waals surface area contributed by atoms with Crippen molar-refractivity contribution in [3.63, 3.8) is 0 Å². The number of aromatic nitrogens is 1. The first-order valence-electron chi connectivity index (χ1n) is 7.80. The van der Waals surface area contributed by atoms with Crippen LogP contribution in [-0.4, -0.2) is 61.0 Å². The van der Waals surface area contributed by atoms with E-state index in [0.717, 1.165) is 43.1 Å². The highest BCUT2D eigenvalue weighted by Crippen LogP contribution is 2.23. The molecule has 0 saturated carbocycles.